The summed E-state index contributed by atoms with van der Waals surface area (Å²) in [5.41, 5.74) is 1.81. The van der Waals surface area contributed by atoms with Gasteiger partial charge in [-0.05, 0) is 31.0 Å². The molecule has 1 aromatic rings. The van der Waals surface area contributed by atoms with Crippen molar-refractivity contribution in [3.63, 3.8) is 0 Å². The number of nitrogens with one attached hydrogen (secondary N) is 2. The van der Waals surface area contributed by atoms with Crippen LogP contribution in [-0.2, 0) is 16.0 Å². The van der Waals surface area contributed by atoms with Gasteiger partial charge >= 0.3 is 0 Å². The van der Waals surface area contributed by atoms with Gasteiger partial charge in [-0.3, -0.25) is 4.79 Å². The highest BCUT2D eigenvalue weighted by Gasteiger charge is 2.19. The van der Waals surface area contributed by atoms with Crippen molar-refractivity contribution >= 4 is 23.6 Å². The standard InChI is InChI=1S/C13H16N2O2/c1-3-10-5-4-6-11(7-10)15-13(17)12(8-16)9(2)14/h4-8,12,14H,3H2,1-2H3,(H,15,17). The predicted molar refractivity (Wildman–Crippen MR) is 67.4 cm³/mol. The number of carbonyl (C=O) groups is 2. The van der Waals surface area contributed by atoms with Crippen LogP contribution < -0.4 is 5.32 Å². The number of hydrogen-bond donors (Lipinski definition) is 2. The molecule has 4 nitrogen and oxygen atoms in total. The molecule has 0 aliphatic heterocycles. The molecule has 0 spiro atoms. The molecule has 0 bridgehead atoms. The lowest BCUT2D eigenvalue weighted by Crippen LogP contribution is -2.29. The van der Waals surface area contributed by atoms with Crippen molar-refractivity contribution in [1.82, 2.24) is 0 Å². The summed E-state index contributed by atoms with van der Waals surface area (Å²) < 4.78 is 0. The zero-order chi connectivity index (χ0) is 12.8. The maximum atomic E-state index is 11.7. The summed E-state index contributed by atoms with van der Waals surface area (Å²) in [5.74, 6) is -1.46. The molecule has 90 valence electrons. The zero-order valence-electron chi connectivity index (χ0n) is 9.99. The van der Waals surface area contributed by atoms with Crippen LogP contribution in [0, 0.1) is 11.3 Å². The van der Waals surface area contributed by atoms with Crippen LogP contribution in [0.4, 0.5) is 5.69 Å². The number of rotatable bonds is 5. The highest BCUT2D eigenvalue weighted by atomic mass is 16.2. The smallest absolute Gasteiger partial charge is 0.240 e. The second-order valence-corrected chi connectivity index (χ2v) is 3.84. The van der Waals surface area contributed by atoms with Gasteiger partial charge in [-0.25, -0.2) is 0 Å². The Hall–Kier alpha value is -1.97. The monoisotopic (exact) mass is 232 g/mol. The molecule has 0 aromatic heterocycles. The molecule has 4 heteroatoms. The molecule has 0 saturated carbocycles. The van der Waals surface area contributed by atoms with Gasteiger partial charge in [0.1, 0.15) is 12.2 Å². The van der Waals surface area contributed by atoms with E-state index in [4.69, 9.17) is 5.41 Å². The Morgan fingerprint density at radius 2 is 2.24 bits per heavy atom. The summed E-state index contributed by atoms with van der Waals surface area (Å²) in [6.45, 7) is 3.47. The Morgan fingerprint density at radius 3 is 2.76 bits per heavy atom. The maximum absolute atomic E-state index is 11.7. The molecule has 17 heavy (non-hydrogen) atoms. The molecule has 0 heterocycles. The van der Waals surface area contributed by atoms with E-state index in [1.165, 1.54) is 6.92 Å². The molecule has 1 aromatic carbocycles. The average Bonchev–Trinajstić information content (AvgIpc) is 2.29. The summed E-state index contributed by atoms with van der Waals surface area (Å²) in [6.07, 6.45) is 1.37. The van der Waals surface area contributed by atoms with E-state index in [-0.39, 0.29) is 5.71 Å². The lowest BCUT2D eigenvalue weighted by Gasteiger charge is -2.10. The molecule has 0 saturated heterocycles. The Balaban J connectivity index is 2.79. The van der Waals surface area contributed by atoms with E-state index in [1.54, 1.807) is 6.07 Å². The van der Waals surface area contributed by atoms with Gasteiger partial charge < -0.3 is 15.5 Å². The number of benzene rings is 1. The lowest BCUT2D eigenvalue weighted by molar-refractivity contribution is -0.122. The van der Waals surface area contributed by atoms with Gasteiger partial charge in [-0.15, -0.1) is 0 Å². The summed E-state index contributed by atoms with van der Waals surface area (Å²) in [6, 6.07) is 7.44. The molecular weight excluding hydrogens is 216 g/mol. The van der Waals surface area contributed by atoms with E-state index in [0.29, 0.717) is 12.0 Å². The number of aryl methyl sites for hydroxylation is 1. The minimum Gasteiger partial charge on any atom is -0.325 e. The van der Waals surface area contributed by atoms with Gasteiger partial charge in [0, 0.05) is 11.4 Å². The highest BCUT2D eigenvalue weighted by molar-refractivity contribution is 6.16. The Morgan fingerprint density at radius 1 is 1.53 bits per heavy atom. The molecule has 0 aliphatic carbocycles. The van der Waals surface area contributed by atoms with Crippen LogP contribution in [0.25, 0.3) is 0 Å². The molecule has 1 amide bonds. The van der Waals surface area contributed by atoms with Crippen LogP contribution >= 0.6 is 0 Å². The first-order valence-electron chi connectivity index (χ1n) is 5.48. The van der Waals surface area contributed by atoms with Gasteiger partial charge in [-0.1, -0.05) is 19.1 Å². The fraction of sp³-hybridized carbons (Fsp3) is 0.308. The topological polar surface area (TPSA) is 70.0 Å². The first-order chi connectivity index (χ1) is 8.08. The Bertz CT molecular complexity index is 441. The highest BCUT2D eigenvalue weighted by Crippen LogP contribution is 2.12. The van der Waals surface area contributed by atoms with E-state index in [1.807, 2.05) is 25.1 Å². The third-order valence-electron chi connectivity index (χ3n) is 2.49. The maximum Gasteiger partial charge on any atom is 0.240 e. The van der Waals surface area contributed by atoms with Crippen molar-refractivity contribution in [2.75, 3.05) is 5.32 Å². The molecule has 1 rings (SSSR count). The van der Waals surface area contributed by atoms with Gasteiger partial charge in [0.25, 0.3) is 0 Å². The number of aldehydes is 1. The molecule has 0 fully saturated rings. The first kappa shape index (κ1) is 13.1. The predicted octanol–water partition coefficient (Wildman–Crippen LogP) is 2.04. The van der Waals surface area contributed by atoms with Crippen molar-refractivity contribution in [3.8, 4) is 0 Å². The van der Waals surface area contributed by atoms with Gasteiger partial charge in [0.05, 0.1) is 0 Å². The zero-order valence-corrected chi connectivity index (χ0v) is 9.99. The Kier molecular flexibility index (Phi) is 4.57. The fourth-order valence-electron chi connectivity index (χ4n) is 1.45. The van der Waals surface area contributed by atoms with Crippen LogP contribution in [0.3, 0.4) is 0 Å². The van der Waals surface area contributed by atoms with Gasteiger partial charge in [0.15, 0.2) is 0 Å². The van der Waals surface area contributed by atoms with Crippen LogP contribution in [0.2, 0.25) is 0 Å². The van der Waals surface area contributed by atoms with Gasteiger partial charge in [-0.2, -0.15) is 0 Å². The van der Waals surface area contributed by atoms with Crippen molar-refractivity contribution in [1.29, 1.82) is 5.41 Å². The van der Waals surface area contributed by atoms with Crippen molar-refractivity contribution in [3.05, 3.63) is 29.8 Å². The normalized spacial score (nSPS) is 11.6. The van der Waals surface area contributed by atoms with E-state index >= 15 is 0 Å². The minimum absolute atomic E-state index is 0.0455. The summed E-state index contributed by atoms with van der Waals surface area (Å²) in [5, 5.41) is 9.97. The van der Waals surface area contributed by atoms with Crippen molar-refractivity contribution in [2.24, 2.45) is 5.92 Å². The molecular formula is C13H16N2O2. The lowest BCUT2D eigenvalue weighted by atomic mass is 10.1. The molecule has 1 atom stereocenters. The van der Waals surface area contributed by atoms with Crippen LogP contribution in [0.5, 0.6) is 0 Å². The van der Waals surface area contributed by atoms with E-state index < -0.39 is 11.8 Å². The quantitative estimate of drug-likeness (QED) is 0.463. The van der Waals surface area contributed by atoms with Crippen molar-refractivity contribution in [2.45, 2.75) is 20.3 Å². The third kappa shape index (κ3) is 3.52. The van der Waals surface area contributed by atoms with Crippen LogP contribution in [-0.4, -0.2) is 17.9 Å². The number of amides is 1. The summed E-state index contributed by atoms with van der Waals surface area (Å²) in [7, 11) is 0. The number of hydrogen-bond acceptors (Lipinski definition) is 3. The van der Waals surface area contributed by atoms with Crippen LogP contribution in [0.15, 0.2) is 24.3 Å². The summed E-state index contributed by atoms with van der Waals surface area (Å²) >= 11 is 0. The van der Waals surface area contributed by atoms with Gasteiger partial charge in [0.2, 0.25) is 5.91 Å². The SMILES string of the molecule is CCc1cccc(NC(=O)C(C=O)C(C)=N)c1. The minimum atomic E-state index is -1.000. The average molecular weight is 232 g/mol. The largest absolute Gasteiger partial charge is 0.325 e. The first-order valence-corrected chi connectivity index (χ1v) is 5.48. The molecule has 0 aliphatic rings. The summed E-state index contributed by atoms with van der Waals surface area (Å²) in [4.78, 5) is 22.4. The second-order valence-electron chi connectivity index (χ2n) is 3.84. The molecule has 2 N–H and O–H groups in total. The fourth-order valence-corrected chi connectivity index (χ4v) is 1.45. The number of anilines is 1. The number of carbonyl (C=O) groups excluding carboxylic acids is 2. The second kappa shape index (κ2) is 5.94. The van der Waals surface area contributed by atoms with Crippen LogP contribution in [0.1, 0.15) is 19.4 Å². The van der Waals surface area contributed by atoms with E-state index in [0.717, 1.165) is 12.0 Å². The van der Waals surface area contributed by atoms with E-state index in [2.05, 4.69) is 5.32 Å². The Labute approximate surface area is 101 Å². The molecule has 0 radical (unpaired) electrons. The third-order valence-corrected chi connectivity index (χ3v) is 2.49. The van der Waals surface area contributed by atoms with Crippen molar-refractivity contribution < 1.29 is 9.59 Å². The molecule has 1 unspecified atom stereocenters. The van der Waals surface area contributed by atoms with E-state index in [9.17, 15) is 9.59 Å².